The smallest absolute Gasteiger partial charge is 0.315 e. The van der Waals surface area contributed by atoms with Gasteiger partial charge in [-0.1, -0.05) is 0 Å². The predicted octanol–water partition coefficient (Wildman–Crippen LogP) is 0.480. The quantitative estimate of drug-likeness (QED) is 0.676. The number of methoxy groups -OCH3 is 1. The minimum absolute atomic E-state index is 0.0302. The molecule has 0 aliphatic carbocycles. The normalized spacial score (nSPS) is 13.9. The van der Waals surface area contributed by atoms with Crippen molar-refractivity contribution in [1.29, 1.82) is 5.26 Å². The topological polar surface area (TPSA) is 74.2 Å². The highest BCUT2D eigenvalue weighted by Gasteiger charge is 2.07. The minimum atomic E-state index is -0.267. The van der Waals surface area contributed by atoms with Gasteiger partial charge in [0.15, 0.2) is 0 Å². The second kappa shape index (κ2) is 7.15. The van der Waals surface area contributed by atoms with Gasteiger partial charge in [-0.25, -0.2) is 4.79 Å². The molecule has 14 heavy (non-hydrogen) atoms. The van der Waals surface area contributed by atoms with E-state index < -0.39 is 0 Å². The van der Waals surface area contributed by atoms with Crippen LogP contribution in [0.2, 0.25) is 0 Å². The fraction of sp³-hybridized carbons (Fsp3) is 0.778. The number of carbonyl (C=O) groups excluding carboxylic acids is 1. The van der Waals surface area contributed by atoms with Gasteiger partial charge in [-0.05, 0) is 13.8 Å². The number of ether oxygens (including phenoxy) is 1. The number of hydrogen-bond acceptors (Lipinski definition) is 3. The summed E-state index contributed by atoms with van der Waals surface area (Å²) < 4.78 is 4.86. The Morgan fingerprint density at radius 3 is 2.71 bits per heavy atom. The van der Waals surface area contributed by atoms with E-state index in [1.807, 2.05) is 13.0 Å². The van der Waals surface area contributed by atoms with Crippen molar-refractivity contribution in [3.8, 4) is 6.07 Å². The summed E-state index contributed by atoms with van der Waals surface area (Å²) in [5.74, 6) is -0.168. The second-order valence-corrected chi connectivity index (χ2v) is 3.24. The molecule has 0 aromatic carbocycles. The molecule has 80 valence electrons. The van der Waals surface area contributed by atoms with Crippen LogP contribution in [0.5, 0.6) is 0 Å². The van der Waals surface area contributed by atoms with Crippen LogP contribution in [0, 0.1) is 17.2 Å². The lowest BCUT2D eigenvalue weighted by atomic mass is 10.2. The van der Waals surface area contributed by atoms with E-state index in [4.69, 9.17) is 10.00 Å². The van der Waals surface area contributed by atoms with Gasteiger partial charge in [0.05, 0.1) is 24.6 Å². The SMILES string of the molecule is COC[C@H](C)NC(=O)NC[C@@H](C)C#N. The molecule has 0 heterocycles. The van der Waals surface area contributed by atoms with Crippen LogP contribution >= 0.6 is 0 Å². The molecule has 0 bridgehead atoms. The molecule has 0 aromatic heterocycles. The molecule has 2 amide bonds. The zero-order valence-corrected chi connectivity index (χ0v) is 8.83. The van der Waals surface area contributed by atoms with Gasteiger partial charge in [0.25, 0.3) is 0 Å². The molecule has 0 unspecified atom stereocenters. The number of carbonyl (C=O) groups is 1. The van der Waals surface area contributed by atoms with Crippen LogP contribution in [-0.4, -0.2) is 32.3 Å². The lowest BCUT2D eigenvalue weighted by Crippen LogP contribution is -2.43. The molecular weight excluding hydrogens is 182 g/mol. The highest BCUT2D eigenvalue weighted by Crippen LogP contribution is 1.88. The van der Waals surface area contributed by atoms with Crippen molar-refractivity contribution in [1.82, 2.24) is 10.6 Å². The highest BCUT2D eigenvalue weighted by molar-refractivity contribution is 5.74. The predicted molar refractivity (Wildman–Crippen MR) is 52.6 cm³/mol. The van der Waals surface area contributed by atoms with Gasteiger partial charge in [0.2, 0.25) is 0 Å². The zero-order valence-electron chi connectivity index (χ0n) is 8.83. The number of nitrogens with one attached hydrogen (secondary N) is 2. The second-order valence-electron chi connectivity index (χ2n) is 3.24. The summed E-state index contributed by atoms with van der Waals surface area (Å²) in [5.41, 5.74) is 0. The fourth-order valence-corrected chi connectivity index (χ4v) is 0.858. The number of amides is 2. The molecule has 0 saturated carbocycles. The maximum atomic E-state index is 11.2. The van der Waals surface area contributed by atoms with Gasteiger partial charge in [0, 0.05) is 13.7 Å². The number of urea groups is 1. The average molecular weight is 199 g/mol. The lowest BCUT2D eigenvalue weighted by molar-refractivity contribution is 0.171. The Morgan fingerprint density at radius 1 is 1.57 bits per heavy atom. The van der Waals surface area contributed by atoms with Crippen LogP contribution in [0.1, 0.15) is 13.8 Å². The Balaban J connectivity index is 3.61. The zero-order chi connectivity index (χ0) is 11.0. The maximum absolute atomic E-state index is 11.2. The van der Waals surface area contributed by atoms with Crippen molar-refractivity contribution in [2.45, 2.75) is 19.9 Å². The van der Waals surface area contributed by atoms with E-state index >= 15 is 0 Å². The van der Waals surface area contributed by atoms with Crippen molar-refractivity contribution in [3.63, 3.8) is 0 Å². The van der Waals surface area contributed by atoms with Gasteiger partial charge in [-0.3, -0.25) is 0 Å². The van der Waals surface area contributed by atoms with Crippen molar-refractivity contribution in [3.05, 3.63) is 0 Å². The summed E-state index contributed by atoms with van der Waals surface area (Å²) in [4.78, 5) is 11.2. The third-order valence-electron chi connectivity index (χ3n) is 1.58. The summed E-state index contributed by atoms with van der Waals surface area (Å²) in [6.07, 6.45) is 0. The fourth-order valence-electron chi connectivity index (χ4n) is 0.858. The van der Waals surface area contributed by atoms with E-state index in [9.17, 15) is 4.79 Å². The molecule has 0 radical (unpaired) electrons. The molecule has 0 aliphatic heterocycles. The minimum Gasteiger partial charge on any atom is -0.383 e. The molecule has 0 aromatic rings. The first kappa shape index (κ1) is 12.7. The van der Waals surface area contributed by atoms with E-state index in [-0.39, 0.29) is 18.0 Å². The molecule has 0 saturated heterocycles. The first-order valence-corrected chi connectivity index (χ1v) is 4.53. The number of rotatable bonds is 5. The van der Waals surface area contributed by atoms with E-state index in [1.165, 1.54) is 0 Å². The molecule has 0 aliphatic rings. The third kappa shape index (κ3) is 6.26. The maximum Gasteiger partial charge on any atom is 0.315 e. The number of nitrogens with zero attached hydrogens (tertiary/aromatic N) is 1. The van der Waals surface area contributed by atoms with Crippen LogP contribution < -0.4 is 10.6 Å². The summed E-state index contributed by atoms with van der Waals surface area (Å²) in [7, 11) is 1.58. The number of nitriles is 1. The van der Waals surface area contributed by atoms with Crippen molar-refractivity contribution >= 4 is 6.03 Å². The molecule has 0 rings (SSSR count). The van der Waals surface area contributed by atoms with Crippen LogP contribution in [0.15, 0.2) is 0 Å². The average Bonchev–Trinajstić information content (AvgIpc) is 2.14. The van der Waals surface area contributed by atoms with E-state index in [0.717, 1.165) is 0 Å². The Hall–Kier alpha value is -1.28. The van der Waals surface area contributed by atoms with E-state index in [2.05, 4.69) is 10.6 Å². The summed E-state index contributed by atoms with van der Waals surface area (Å²) in [6, 6.07) is 1.73. The Morgan fingerprint density at radius 2 is 2.21 bits per heavy atom. The van der Waals surface area contributed by atoms with E-state index in [0.29, 0.717) is 13.2 Å². The molecule has 2 N–H and O–H groups in total. The Kier molecular flexibility index (Phi) is 6.50. The van der Waals surface area contributed by atoms with Crippen LogP contribution in [0.25, 0.3) is 0 Å². The van der Waals surface area contributed by atoms with Gasteiger partial charge >= 0.3 is 6.03 Å². The van der Waals surface area contributed by atoms with Gasteiger partial charge < -0.3 is 15.4 Å². The van der Waals surface area contributed by atoms with Gasteiger partial charge in [0.1, 0.15) is 0 Å². The van der Waals surface area contributed by atoms with Crippen LogP contribution in [0.3, 0.4) is 0 Å². The number of hydrogen-bond donors (Lipinski definition) is 2. The largest absolute Gasteiger partial charge is 0.383 e. The van der Waals surface area contributed by atoms with Crippen LogP contribution in [0.4, 0.5) is 4.79 Å². The molecule has 0 fully saturated rings. The molecule has 2 atom stereocenters. The Labute approximate surface area is 84.4 Å². The van der Waals surface area contributed by atoms with Crippen molar-refractivity contribution in [2.75, 3.05) is 20.3 Å². The summed E-state index contributed by atoms with van der Waals surface area (Å²) in [5, 5.41) is 13.7. The Bertz CT molecular complexity index is 213. The van der Waals surface area contributed by atoms with Gasteiger partial charge in [-0.15, -0.1) is 0 Å². The third-order valence-corrected chi connectivity index (χ3v) is 1.58. The monoisotopic (exact) mass is 199 g/mol. The highest BCUT2D eigenvalue weighted by atomic mass is 16.5. The van der Waals surface area contributed by atoms with E-state index in [1.54, 1.807) is 14.0 Å². The molecule has 0 spiro atoms. The van der Waals surface area contributed by atoms with Crippen molar-refractivity contribution in [2.24, 2.45) is 5.92 Å². The molecule has 5 heteroatoms. The van der Waals surface area contributed by atoms with Gasteiger partial charge in [-0.2, -0.15) is 5.26 Å². The molecule has 5 nitrogen and oxygen atoms in total. The van der Waals surface area contributed by atoms with Crippen molar-refractivity contribution < 1.29 is 9.53 Å². The lowest BCUT2D eigenvalue weighted by Gasteiger charge is -2.13. The molecular formula is C9H17N3O2. The summed E-state index contributed by atoms with van der Waals surface area (Å²) >= 11 is 0. The standard InChI is InChI=1S/C9H17N3O2/c1-7(4-10)5-11-9(13)12-8(2)6-14-3/h7-8H,5-6H2,1-3H3,(H2,11,12,13)/t7-,8-/m0/s1. The first-order valence-electron chi connectivity index (χ1n) is 4.53. The van der Waals surface area contributed by atoms with Crippen LogP contribution in [-0.2, 0) is 4.74 Å². The first-order chi connectivity index (χ1) is 6.60. The summed E-state index contributed by atoms with van der Waals surface area (Å²) in [6.45, 7) is 4.43.